The number of nitrogen functional groups attached to an aromatic ring is 1. The van der Waals surface area contributed by atoms with Crippen LogP contribution in [0.4, 0.5) is 5.82 Å². The second-order valence-corrected chi connectivity index (χ2v) is 3.35. The summed E-state index contributed by atoms with van der Waals surface area (Å²) in [5.74, 6) is 1.01. The van der Waals surface area contributed by atoms with E-state index in [0.717, 1.165) is 11.3 Å². The van der Waals surface area contributed by atoms with Crippen LogP contribution < -0.4 is 5.73 Å². The van der Waals surface area contributed by atoms with Crippen molar-refractivity contribution in [1.82, 2.24) is 9.78 Å². The Bertz CT molecular complexity index is 465. The number of nitrogens with zero attached hydrogens (tertiary/aromatic N) is 3. The predicted molar refractivity (Wildman–Crippen MR) is 61.3 cm³/mol. The lowest BCUT2D eigenvalue weighted by atomic mass is 10.2. The molecule has 2 N–H and O–H groups in total. The first-order valence-electron chi connectivity index (χ1n) is 4.70. The summed E-state index contributed by atoms with van der Waals surface area (Å²) in [6.07, 6.45) is 3.40. The van der Waals surface area contributed by atoms with Crippen molar-refractivity contribution >= 4 is 5.82 Å². The van der Waals surface area contributed by atoms with Gasteiger partial charge in [-0.2, -0.15) is 10.4 Å². The maximum atomic E-state index is 8.71. The SMILES string of the molecule is C=C(/C=C(\C)OC)Cn1cc(C#N)c(N)n1. The molecular formula is C11H14N4O. The van der Waals surface area contributed by atoms with Crippen molar-refractivity contribution in [2.24, 2.45) is 0 Å². The lowest BCUT2D eigenvalue weighted by molar-refractivity contribution is 0.293. The fraction of sp³-hybridized carbons (Fsp3) is 0.273. The van der Waals surface area contributed by atoms with E-state index in [2.05, 4.69) is 11.7 Å². The molecule has 0 saturated heterocycles. The summed E-state index contributed by atoms with van der Waals surface area (Å²) in [6.45, 7) is 6.18. The Morgan fingerprint density at radius 2 is 2.50 bits per heavy atom. The van der Waals surface area contributed by atoms with Gasteiger partial charge in [-0.3, -0.25) is 4.68 Å². The highest BCUT2D eigenvalue weighted by molar-refractivity contribution is 5.46. The number of hydrogen-bond donors (Lipinski definition) is 1. The summed E-state index contributed by atoms with van der Waals surface area (Å²) in [6, 6.07) is 1.96. The lowest BCUT2D eigenvalue weighted by Gasteiger charge is -2.02. The molecule has 5 heteroatoms. The standard InChI is InChI=1S/C11H14N4O/c1-8(4-9(2)16-3)6-15-7-10(5-12)11(13)14-15/h4,7H,1,6H2,2-3H3,(H2,13,14)/b9-4+. The van der Waals surface area contributed by atoms with Gasteiger partial charge in [0.1, 0.15) is 11.6 Å². The molecule has 5 nitrogen and oxygen atoms in total. The normalized spacial score (nSPS) is 10.9. The number of rotatable bonds is 4. The fourth-order valence-corrected chi connectivity index (χ4v) is 1.20. The van der Waals surface area contributed by atoms with Gasteiger partial charge in [-0.25, -0.2) is 0 Å². The minimum Gasteiger partial charge on any atom is -0.501 e. The molecule has 1 rings (SSSR count). The molecular weight excluding hydrogens is 204 g/mol. The van der Waals surface area contributed by atoms with Crippen LogP contribution in [0.15, 0.2) is 30.2 Å². The number of anilines is 1. The van der Waals surface area contributed by atoms with E-state index in [1.54, 1.807) is 18.0 Å². The number of nitriles is 1. The molecule has 1 heterocycles. The van der Waals surface area contributed by atoms with Gasteiger partial charge in [-0.05, 0) is 18.6 Å². The van der Waals surface area contributed by atoms with Crippen molar-refractivity contribution in [3.63, 3.8) is 0 Å². The molecule has 0 atom stereocenters. The minimum atomic E-state index is 0.239. The third-order valence-corrected chi connectivity index (χ3v) is 2.01. The van der Waals surface area contributed by atoms with E-state index >= 15 is 0 Å². The first-order valence-corrected chi connectivity index (χ1v) is 4.70. The molecule has 16 heavy (non-hydrogen) atoms. The summed E-state index contributed by atoms with van der Waals surface area (Å²) in [4.78, 5) is 0. The molecule has 0 unspecified atom stereocenters. The van der Waals surface area contributed by atoms with E-state index < -0.39 is 0 Å². The van der Waals surface area contributed by atoms with Crippen LogP contribution in [0.1, 0.15) is 12.5 Å². The van der Waals surface area contributed by atoms with Crippen LogP contribution in [0, 0.1) is 11.3 Å². The second kappa shape index (κ2) is 5.03. The van der Waals surface area contributed by atoms with Crippen LogP contribution in [-0.2, 0) is 11.3 Å². The summed E-state index contributed by atoms with van der Waals surface area (Å²) in [7, 11) is 1.60. The van der Waals surface area contributed by atoms with E-state index in [9.17, 15) is 0 Å². The summed E-state index contributed by atoms with van der Waals surface area (Å²) in [5.41, 5.74) is 6.73. The number of methoxy groups -OCH3 is 1. The zero-order valence-corrected chi connectivity index (χ0v) is 9.40. The molecule has 0 aliphatic carbocycles. The highest BCUT2D eigenvalue weighted by Gasteiger charge is 2.04. The third-order valence-electron chi connectivity index (χ3n) is 2.01. The van der Waals surface area contributed by atoms with Crippen molar-refractivity contribution in [3.05, 3.63) is 35.7 Å². The van der Waals surface area contributed by atoms with Crippen molar-refractivity contribution in [1.29, 1.82) is 5.26 Å². The van der Waals surface area contributed by atoms with Gasteiger partial charge in [0.2, 0.25) is 0 Å². The molecule has 0 bridgehead atoms. The van der Waals surface area contributed by atoms with Crippen LogP contribution in [-0.4, -0.2) is 16.9 Å². The largest absolute Gasteiger partial charge is 0.501 e. The Balaban J connectivity index is 2.75. The van der Waals surface area contributed by atoms with Gasteiger partial charge in [-0.15, -0.1) is 0 Å². The number of allylic oxidation sites excluding steroid dienone is 3. The highest BCUT2D eigenvalue weighted by Crippen LogP contribution is 2.09. The average Bonchev–Trinajstić information content (AvgIpc) is 2.58. The smallest absolute Gasteiger partial charge is 0.163 e. The lowest BCUT2D eigenvalue weighted by Crippen LogP contribution is -2.01. The average molecular weight is 218 g/mol. The first-order chi connectivity index (χ1) is 7.56. The van der Waals surface area contributed by atoms with Gasteiger partial charge in [0.25, 0.3) is 0 Å². The van der Waals surface area contributed by atoms with E-state index in [4.69, 9.17) is 15.7 Å². The topological polar surface area (TPSA) is 76.9 Å². The molecule has 0 spiro atoms. The molecule has 0 saturated carbocycles. The van der Waals surface area contributed by atoms with Crippen LogP contribution in [0.5, 0.6) is 0 Å². The monoisotopic (exact) mass is 218 g/mol. The summed E-state index contributed by atoms with van der Waals surface area (Å²) >= 11 is 0. The maximum absolute atomic E-state index is 8.71. The number of nitrogens with two attached hydrogens (primary N) is 1. The van der Waals surface area contributed by atoms with Crippen molar-refractivity contribution in [2.45, 2.75) is 13.5 Å². The molecule has 1 aromatic heterocycles. The van der Waals surface area contributed by atoms with E-state index in [1.165, 1.54) is 0 Å². The van der Waals surface area contributed by atoms with E-state index in [-0.39, 0.29) is 5.82 Å². The van der Waals surface area contributed by atoms with Gasteiger partial charge in [0.15, 0.2) is 5.82 Å². The maximum Gasteiger partial charge on any atom is 0.163 e. The Morgan fingerprint density at radius 3 is 3.00 bits per heavy atom. The Labute approximate surface area is 94.4 Å². The quantitative estimate of drug-likeness (QED) is 0.612. The molecule has 0 radical (unpaired) electrons. The van der Waals surface area contributed by atoms with Gasteiger partial charge < -0.3 is 10.5 Å². The van der Waals surface area contributed by atoms with Crippen molar-refractivity contribution < 1.29 is 4.74 Å². The number of aromatic nitrogens is 2. The van der Waals surface area contributed by atoms with Crippen LogP contribution in [0.2, 0.25) is 0 Å². The highest BCUT2D eigenvalue weighted by atomic mass is 16.5. The second-order valence-electron chi connectivity index (χ2n) is 3.35. The molecule has 0 aliphatic rings. The number of ether oxygens (including phenoxy) is 1. The van der Waals surface area contributed by atoms with Crippen LogP contribution >= 0.6 is 0 Å². The molecule has 0 aromatic carbocycles. The van der Waals surface area contributed by atoms with Gasteiger partial charge in [0.05, 0.1) is 19.4 Å². The van der Waals surface area contributed by atoms with E-state index in [1.807, 2.05) is 19.1 Å². The molecule has 0 aliphatic heterocycles. The molecule has 1 aromatic rings. The Hall–Kier alpha value is -2.22. The predicted octanol–water partition coefficient (Wildman–Crippen LogP) is 1.44. The summed E-state index contributed by atoms with van der Waals surface area (Å²) < 4.78 is 6.58. The molecule has 0 fully saturated rings. The Morgan fingerprint density at radius 1 is 1.81 bits per heavy atom. The van der Waals surface area contributed by atoms with Crippen molar-refractivity contribution in [2.75, 3.05) is 12.8 Å². The van der Waals surface area contributed by atoms with Crippen LogP contribution in [0.25, 0.3) is 0 Å². The van der Waals surface area contributed by atoms with Gasteiger partial charge in [0, 0.05) is 6.20 Å². The van der Waals surface area contributed by atoms with E-state index in [0.29, 0.717) is 12.1 Å². The fourth-order valence-electron chi connectivity index (χ4n) is 1.20. The minimum absolute atomic E-state index is 0.239. The van der Waals surface area contributed by atoms with Crippen molar-refractivity contribution in [3.8, 4) is 6.07 Å². The number of hydrogen-bond acceptors (Lipinski definition) is 4. The molecule has 84 valence electrons. The zero-order valence-electron chi connectivity index (χ0n) is 9.40. The van der Waals surface area contributed by atoms with Gasteiger partial charge in [-0.1, -0.05) is 6.58 Å². The summed E-state index contributed by atoms with van der Waals surface area (Å²) in [5, 5.41) is 12.7. The first kappa shape index (κ1) is 11.9. The van der Waals surface area contributed by atoms with Crippen LogP contribution in [0.3, 0.4) is 0 Å². The zero-order chi connectivity index (χ0) is 12.1. The Kier molecular flexibility index (Phi) is 3.72. The third kappa shape index (κ3) is 2.89. The van der Waals surface area contributed by atoms with Gasteiger partial charge >= 0.3 is 0 Å². The molecule has 0 amide bonds.